The van der Waals surface area contributed by atoms with Crippen molar-refractivity contribution in [1.82, 2.24) is 10.3 Å². The van der Waals surface area contributed by atoms with Crippen LogP contribution >= 0.6 is 23.8 Å². The second kappa shape index (κ2) is 11.1. The molecule has 2 fully saturated rings. The molecule has 2 aromatic heterocycles. The number of benzene rings is 2. The van der Waals surface area contributed by atoms with Gasteiger partial charge in [0.1, 0.15) is 17.6 Å². The summed E-state index contributed by atoms with van der Waals surface area (Å²) in [6.45, 7) is 6.50. The van der Waals surface area contributed by atoms with Crippen LogP contribution in [0.15, 0.2) is 83.4 Å². The first-order chi connectivity index (χ1) is 19.8. The molecule has 4 aromatic rings. The van der Waals surface area contributed by atoms with E-state index in [1.165, 1.54) is 12.5 Å². The Morgan fingerprint density at radius 2 is 1.80 bits per heavy atom. The van der Waals surface area contributed by atoms with E-state index in [0.717, 1.165) is 30.2 Å². The van der Waals surface area contributed by atoms with Gasteiger partial charge < -0.3 is 19.5 Å². The van der Waals surface area contributed by atoms with Gasteiger partial charge in [0, 0.05) is 31.0 Å². The second-order valence-electron chi connectivity index (χ2n) is 11.0. The number of nitrogens with zero attached hydrogens (tertiary/aromatic N) is 4. The predicted octanol–water partition coefficient (Wildman–Crippen LogP) is 7.56. The van der Waals surface area contributed by atoms with E-state index in [-0.39, 0.29) is 11.7 Å². The van der Waals surface area contributed by atoms with E-state index in [4.69, 9.17) is 28.2 Å². The van der Waals surface area contributed by atoms with E-state index < -0.39 is 11.0 Å². The number of hydrogen-bond donors (Lipinski definition) is 1. The van der Waals surface area contributed by atoms with E-state index >= 15 is 0 Å². The summed E-state index contributed by atoms with van der Waals surface area (Å²) < 4.78 is 6.35. The summed E-state index contributed by atoms with van der Waals surface area (Å²) in [4.78, 5) is 20.2. The Morgan fingerprint density at radius 1 is 1.05 bits per heavy atom. The van der Waals surface area contributed by atoms with Gasteiger partial charge in [0.05, 0.1) is 32.9 Å². The van der Waals surface area contributed by atoms with Gasteiger partial charge in [-0.05, 0) is 79.0 Å². The number of para-hydroxylation sites is 1. The molecule has 0 amide bonds. The molecule has 2 aliphatic heterocycles. The molecule has 0 unspecified atom stereocenters. The van der Waals surface area contributed by atoms with Crippen LogP contribution in [0.3, 0.4) is 0 Å². The lowest BCUT2D eigenvalue weighted by atomic mass is 9.91. The summed E-state index contributed by atoms with van der Waals surface area (Å²) in [6.07, 6.45) is 2.96. The van der Waals surface area contributed by atoms with Gasteiger partial charge >= 0.3 is 0 Å². The number of nitrogens with one attached hydrogen (secondary N) is 1. The Kier molecular flexibility index (Phi) is 7.40. The summed E-state index contributed by atoms with van der Waals surface area (Å²) >= 11 is 12.8. The van der Waals surface area contributed by atoms with Crippen molar-refractivity contribution in [3.8, 4) is 11.3 Å². The summed E-state index contributed by atoms with van der Waals surface area (Å²) in [7, 11) is 0. The van der Waals surface area contributed by atoms with Crippen LogP contribution < -0.4 is 15.1 Å². The second-order valence-corrected chi connectivity index (χ2v) is 11.8. The van der Waals surface area contributed by atoms with Crippen molar-refractivity contribution >= 4 is 46.0 Å². The monoisotopic (exact) mass is 587 g/mol. The van der Waals surface area contributed by atoms with Crippen LogP contribution in [0.2, 0.25) is 5.02 Å². The molecule has 1 N–H and O–H groups in total. The molecule has 0 saturated carbocycles. The zero-order chi connectivity index (χ0) is 28.7. The number of aromatic nitrogens is 1. The largest absolute Gasteiger partial charge is 0.459 e. The number of nitro groups is 1. The average molecular weight is 588 g/mol. The highest BCUT2D eigenvalue weighted by Crippen LogP contribution is 2.45. The highest BCUT2D eigenvalue weighted by Gasteiger charge is 2.43. The number of thiocarbonyl (C=S) groups is 1. The SMILES string of the molecule is C[C@@H]1C[C@H](C)CN(c2ccc(N3C(=S)N[C@@H](c4ccccn4)[C@@H]3c3ccc(-c4ccccc4[N+](=O)[O-])o3)cc2Cl)C1. The van der Waals surface area contributed by atoms with Gasteiger partial charge in [-0.25, -0.2) is 0 Å². The third-order valence-corrected chi connectivity index (χ3v) is 8.42. The fraction of sp³-hybridized carbons (Fsp3) is 0.290. The Balaban J connectivity index is 1.40. The van der Waals surface area contributed by atoms with Gasteiger partial charge in [0.25, 0.3) is 5.69 Å². The van der Waals surface area contributed by atoms with Crippen LogP contribution in [-0.2, 0) is 0 Å². The molecule has 2 aliphatic rings. The first-order valence-corrected chi connectivity index (χ1v) is 14.5. The van der Waals surface area contributed by atoms with Gasteiger partial charge in [-0.15, -0.1) is 0 Å². The molecule has 41 heavy (non-hydrogen) atoms. The van der Waals surface area contributed by atoms with E-state index in [2.05, 4.69) is 35.1 Å². The van der Waals surface area contributed by atoms with Crippen molar-refractivity contribution in [2.24, 2.45) is 11.8 Å². The van der Waals surface area contributed by atoms with Gasteiger partial charge in [-0.3, -0.25) is 15.1 Å². The maximum atomic E-state index is 11.7. The summed E-state index contributed by atoms with van der Waals surface area (Å²) in [5, 5.41) is 16.3. The number of pyridine rings is 1. The van der Waals surface area contributed by atoms with Crippen molar-refractivity contribution < 1.29 is 9.34 Å². The molecule has 2 aromatic carbocycles. The van der Waals surface area contributed by atoms with E-state index in [1.807, 2.05) is 41.3 Å². The summed E-state index contributed by atoms with van der Waals surface area (Å²) in [5.41, 5.74) is 3.03. The number of piperidine rings is 1. The minimum atomic E-state index is -0.411. The molecule has 6 rings (SSSR count). The third-order valence-electron chi connectivity index (χ3n) is 7.80. The lowest BCUT2D eigenvalue weighted by molar-refractivity contribution is -0.384. The van der Waals surface area contributed by atoms with Crippen LogP contribution in [0.5, 0.6) is 0 Å². The normalized spacial score (nSPS) is 22.6. The number of halogens is 1. The van der Waals surface area contributed by atoms with Crippen molar-refractivity contribution in [2.45, 2.75) is 32.4 Å². The van der Waals surface area contributed by atoms with Crippen molar-refractivity contribution in [3.05, 3.63) is 106 Å². The molecule has 10 heteroatoms. The Bertz CT molecular complexity index is 1590. The quantitative estimate of drug-likeness (QED) is 0.140. The first-order valence-electron chi connectivity index (χ1n) is 13.7. The average Bonchev–Trinajstić information content (AvgIpc) is 3.57. The number of nitro benzene ring substituents is 1. The van der Waals surface area contributed by atoms with Crippen molar-refractivity contribution in [2.75, 3.05) is 22.9 Å². The summed E-state index contributed by atoms with van der Waals surface area (Å²) in [5.74, 6) is 2.20. The van der Waals surface area contributed by atoms with Gasteiger partial charge in [-0.1, -0.05) is 43.6 Å². The first kappa shape index (κ1) is 27.2. The lowest BCUT2D eigenvalue weighted by Gasteiger charge is -2.37. The standard InChI is InChI=1S/C31H30ClN5O3S/c1-19-15-20(2)18-35(17-19)26-11-10-21(16-23(26)32)36-30(29(34-31(36)41)24-8-5-6-14-33-24)28-13-12-27(40-28)22-7-3-4-9-25(22)37(38)39/h3-14,16,19-20,29-30H,15,17-18H2,1-2H3,(H,34,41)/t19-,20+,29-,30-/m0/s1. The van der Waals surface area contributed by atoms with Crippen LogP contribution in [0.25, 0.3) is 11.3 Å². The number of hydrogen-bond acceptors (Lipinski definition) is 6. The maximum absolute atomic E-state index is 11.7. The Hall–Kier alpha value is -3.95. The number of rotatable bonds is 6. The highest BCUT2D eigenvalue weighted by atomic mass is 35.5. The van der Waals surface area contributed by atoms with Crippen LogP contribution in [0, 0.1) is 22.0 Å². The molecule has 4 atom stereocenters. The maximum Gasteiger partial charge on any atom is 0.280 e. The topological polar surface area (TPSA) is 87.7 Å². The minimum absolute atomic E-state index is 0.0182. The van der Waals surface area contributed by atoms with E-state index in [1.54, 1.807) is 30.5 Å². The van der Waals surface area contributed by atoms with E-state index in [9.17, 15) is 10.1 Å². The van der Waals surface area contributed by atoms with Gasteiger partial charge in [0.2, 0.25) is 0 Å². The van der Waals surface area contributed by atoms with Gasteiger partial charge in [0.15, 0.2) is 5.11 Å². The molecular weight excluding hydrogens is 558 g/mol. The molecule has 210 valence electrons. The minimum Gasteiger partial charge on any atom is -0.459 e. The highest BCUT2D eigenvalue weighted by molar-refractivity contribution is 7.80. The molecule has 0 aliphatic carbocycles. The smallest absolute Gasteiger partial charge is 0.280 e. The molecule has 8 nitrogen and oxygen atoms in total. The molecule has 4 heterocycles. The fourth-order valence-corrected chi connectivity index (χ4v) is 6.82. The van der Waals surface area contributed by atoms with Gasteiger partial charge in [-0.2, -0.15) is 0 Å². The fourth-order valence-electron chi connectivity index (χ4n) is 6.18. The molecule has 0 spiro atoms. The zero-order valence-corrected chi connectivity index (χ0v) is 24.3. The van der Waals surface area contributed by atoms with Crippen molar-refractivity contribution in [3.63, 3.8) is 0 Å². The molecular formula is C31H30ClN5O3S. The van der Waals surface area contributed by atoms with Crippen LogP contribution in [0.4, 0.5) is 17.1 Å². The predicted molar refractivity (Wildman–Crippen MR) is 165 cm³/mol. The Labute approximate surface area is 249 Å². The molecule has 2 saturated heterocycles. The third kappa shape index (κ3) is 5.27. The molecule has 0 radical (unpaired) electrons. The molecule has 0 bridgehead atoms. The van der Waals surface area contributed by atoms with E-state index in [0.29, 0.717) is 39.1 Å². The van der Waals surface area contributed by atoms with Crippen molar-refractivity contribution in [1.29, 1.82) is 0 Å². The zero-order valence-electron chi connectivity index (χ0n) is 22.7. The Morgan fingerprint density at radius 3 is 2.51 bits per heavy atom. The van der Waals surface area contributed by atoms with Crippen LogP contribution in [0.1, 0.15) is 43.8 Å². The van der Waals surface area contributed by atoms with Crippen LogP contribution in [-0.4, -0.2) is 28.1 Å². The number of furan rings is 1. The number of anilines is 2. The lowest BCUT2D eigenvalue weighted by Crippen LogP contribution is -2.38. The summed E-state index contributed by atoms with van der Waals surface area (Å²) in [6, 6.07) is 21.2.